The summed E-state index contributed by atoms with van der Waals surface area (Å²) in [5.74, 6) is -0.232. The molecule has 0 bridgehead atoms. The van der Waals surface area contributed by atoms with E-state index in [0.29, 0.717) is 19.6 Å². The number of aryl methyl sites for hydroxylation is 1. The summed E-state index contributed by atoms with van der Waals surface area (Å²) < 4.78 is 0. The van der Waals surface area contributed by atoms with Crippen molar-refractivity contribution in [2.75, 3.05) is 13.1 Å². The van der Waals surface area contributed by atoms with Crippen LogP contribution < -0.4 is 10.6 Å². The fourth-order valence-corrected chi connectivity index (χ4v) is 4.38. The van der Waals surface area contributed by atoms with Crippen LogP contribution in [0.2, 0.25) is 0 Å². The number of nitrogens with one attached hydrogen (secondary N) is 2. The smallest absolute Gasteiger partial charge is 0.237 e. The van der Waals surface area contributed by atoms with Crippen LogP contribution in [0.5, 0.6) is 0 Å². The van der Waals surface area contributed by atoms with E-state index in [-0.39, 0.29) is 18.2 Å². The molecule has 1 fully saturated rings. The third-order valence-electron chi connectivity index (χ3n) is 5.40. The normalized spacial score (nSPS) is 16.7. The van der Waals surface area contributed by atoms with Gasteiger partial charge in [-0.3, -0.25) is 14.5 Å². The van der Waals surface area contributed by atoms with Gasteiger partial charge in [-0.05, 0) is 23.6 Å². The highest BCUT2D eigenvalue weighted by Crippen LogP contribution is 2.21. The van der Waals surface area contributed by atoms with Gasteiger partial charge in [0.15, 0.2) is 0 Å². The van der Waals surface area contributed by atoms with E-state index in [1.54, 1.807) is 11.3 Å². The lowest BCUT2D eigenvalue weighted by Crippen LogP contribution is -2.56. The molecule has 2 aromatic carbocycles. The summed E-state index contributed by atoms with van der Waals surface area (Å²) in [6.45, 7) is 4.27. The number of rotatable bonds is 7. The average molecular weight is 435 g/mol. The minimum absolute atomic E-state index is 0.0909. The molecular formula is C24H26N4O2S. The fraction of sp³-hybridized carbons (Fsp3) is 0.292. The number of hydrogen-bond donors (Lipinski definition) is 2. The molecule has 2 amide bonds. The van der Waals surface area contributed by atoms with Crippen molar-refractivity contribution in [1.29, 1.82) is 0 Å². The second-order valence-electron chi connectivity index (χ2n) is 7.68. The highest BCUT2D eigenvalue weighted by atomic mass is 32.1. The highest BCUT2D eigenvalue weighted by Gasteiger charge is 2.31. The number of carbonyl (C=O) groups is 2. The third kappa shape index (κ3) is 5.57. The van der Waals surface area contributed by atoms with Gasteiger partial charge in [0, 0.05) is 25.0 Å². The van der Waals surface area contributed by atoms with E-state index in [2.05, 4.69) is 56.9 Å². The Morgan fingerprint density at radius 2 is 1.90 bits per heavy atom. The van der Waals surface area contributed by atoms with Gasteiger partial charge in [0.25, 0.3) is 0 Å². The van der Waals surface area contributed by atoms with E-state index in [1.165, 1.54) is 5.56 Å². The van der Waals surface area contributed by atoms with E-state index < -0.39 is 6.04 Å². The maximum atomic E-state index is 12.5. The summed E-state index contributed by atoms with van der Waals surface area (Å²) in [7, 11) is 0. The zero-order valence-electron chi connectivity index (χ0n) is 17.5. The van der Waals surface area contributed by atoms with Crippen molar-refractivity contribution in [1.82, 2.24) is 20.5 Å². The molecule has 4 rings (SSSR count). The molecule has 7 heteroatoms. The Bertz CT molecular complexity index is 1030. The topological polar surface area (TPSA) is 74.3 Å². The van der Waals surface area contributed by atoms with Crippen LogP contribution in [-0.4, -0.2) is 40.8 Å². The van der Waals surface area contributed by atoms with Gasteiger partial charge in [0.2, 0.25) is 11.8 Å². The molecule has 2 N–H and O–H groups in total. The molecule has 1 unspecified atom stereocenters. The van der Waals surface area contributed by atoms with Crippen LogP contribution in [0.1, 0.15) is 22.7 Å². The first kappa shape index (κ1) is 21.2. The molecule has 1 aliphatic heterocycles. The third-order valence-corrected chi connectivity index (χ3v) is 6.22. The van der Waals surface area contributed by atoms with Crippen molar-refractivity contribution < 1.29 is 9.59 Å². The number of hydrogen-bond acceptors (Lipinski definition) is 5. The van der Waals surface area contributed by atoms with E-state index >= 15 is 0 Å². The molecule has 1 aromatic heterocycles. The molecule has 0 radical (unpaired) electrons. The minimum Gasteiger partial charge on any atom is -0.353 e. The van der Waals surface area contributed by atoms with Crippen LogP contribution in [-0.2, 0) is 22.7 Å². The van der Waals surface area contributed by atoms with Crippen LogP contribution in [0, 0.1) is 6.92 Å². The number of thiazole rings is 1. The van der Waals surface area contributed by atoms with Crippen LogP contribution in [0.3, 0.4) is 0 Å². The van der Waals surface area contributed by atoms with Crippen molar-refractivity contribution >= 4 is 23.2 Å². The molecule has 160 valence electrons. The predicted octanol–water partition coefficient (Wildman–Crippen LogP) is 3.13. The molecule has 31 heavy (non-hydrogen) atoms. The Morgan fingerprint density at radius 3 is 2.61 bits per heavy atom. The number of nitrogens with zero attached hydrogens (tertiary/aromatic N) is 2. The lowest BCUT2D eigenvalue weighted by Gasteiger charge is -2.34. The number of carbonyl (C=O) groups excluding carboxylic acids is 2. The number of aromatic nitrogens is 1. The van der Waals surface area contributed by atoms with Crippen molar-refractivity contribution in [3.05, 3.63) is 76.2 Å². The molecule has 0 aliphatic carbocycles. The minimum atomic E-state index is -0.472. The van der Waals surface area contributed by atoms with Gasteiger partial charge in [-0.15, -0.1) is 11.3 Å². The Morgan fingerprint density at radius 1 is 1.16 bits per heavy atom. The first-order valence-electron chi connectivity index (χ1n) is 10.4. The second-order valence-corrected chi connectivity index (χ2v) is 8.74. The van der Waals surface area contributed by atoms with E-state index in [1.807, 2.05) is 30.5 Å². The molecule has 0 saturated carbocycles. The number of benzene rings is 2. The molecule has 2 heterocycles. The molecule has 0 spiro atoms. The number of amides is 2. The Kier molecular flexibility index (Phi) is 6.74. The van der Waals surface area contributed by atoms with Crippen LogP contribution in [0.15, 0.2) is 60.0 Å². The lowest BCUT2D eigenvalue weighted by atomic mass is 10.0. The van der Waals surface area contributed by atoms with E-state index in [4.69, 9.17) is 0 Å². The van der Waals surface area contributed by atoms with Crippen molar-refractivity contribution in [3.8, 4) is 11.1 Å². The first-order valence-corrected chi connectivity index (χ1v) is 11.3. The molecule has 1 atom stereocenters. The van der Waals surface area contributed by atoms with E-state index in [9.17, 15) is 9.59 Å². The Balaban J connectivity index is 1.38. The van der Waals surface area contributed by atoms with Crippen molar-refractivity contribution in [2.24, 2.45) is 0 Å². The first-order chi connectivity index (χ1) is 15.1. The van der Waals surface area contributed by atoms with Gasteiger partial charge in [-0.1, -0.05) is 54.6 Å². The molecular weight excluding hydrogens is 408 g/mol. The van der Waals surface area contributed by atoms with Crippen LogP contribution >= 0.6 is 11.3 Å². The second kappa shape index (κ2) is 9.85. The Hall–Kier alpha value is -3.03. The summed E-state index contributed by atoms with van der Waals surface area (Å²) in [6, 6.07) is 18.2. The average Bonchev–Trinajstić information content (AvgIpc) is 3.21. The molecule has 1 aliphatic rings. The maximum absolute atomic E-state index is 12.5. The van der Waals surface area contributed by atoms with Gasteiger partial charge in [-0.2, -0.15) is 0 Å². The van der Waals surface area contributed by atoms with Crippen molar-refractivity contribution in [3.63, 3.8) is 0 Å². The standard InChI is InChI=1S/C24H26N4O2S/c1-17-27-21(16-31-17)14-26-23(29)13-22-24(30)25-11-12-28(22)15-18-7-9-20(10-8-18)19-5-3-2-4-6-19/h2-10,16,22H,11-15H2,1H3,(H,25,30)(H,26,29). The summed E-state index contributed by atoms with van der Waals surface area (Å²) in [4.78, 5) is 31.4. The van der Waals surface area contributed by atoms with Gasteiger partial charge < -0.3 is 10.6 Å². The van der Waals surface area contributed by atoms with Gasteiger partial charge in [0.05, 0.1) is 29.7 Å². The van der Waals surface area contributed by atoms with Gasteiger partial charge in [0.1, 0.15) is 0 Å². The molecule has 6 nitrogen and oxygen atoms in total. The summed E-state index contributed by atoms with van der Waals surface area (Å²) in [5, 5.41) is 8.69. The van der Waals surface area contributed by atoms with Gasteiger partial charge in [-0.25, -0.2) is 4.98 Å². The van der Waals surface area contributed by atoms with Crippen LogP contribution in [0.4, 0.5) is 0 Å². The monoisotopic (exact) mass is 434 g/mol. The SMILES string of the molecule is Cc1nc(CNC(=O)CC2C(=O)NCCN2Cc2ccc(-c3ccccc3)cc2)cs1. The van der Waals surface area contributed by atoms with Crippen LogP contribution in [0.25, 0.3) is 11.1 Å². The zero-order chi connectivity index (χ0) is 21.6. The zero-order valence-corrected chi connectivity index (χ0v) is 18.3. The molecule has 1 saturated heterocycles. The largest absolute Gasteiger partial charge is 0.353 e. The van der Waals surface area contributed by atoms with E-state index in [0.717, 1.165) is 28.4 Å². The Labute approximate surface area is 186 Å². The number of piperazine rings is 1. The summed E-state index contributed by atoms with van der Waals surface area (Å²) >= 11 is 1.56. The predicted molar refractivity (Wildman–Crippen MR) is 122 cm³/mol. The maximum Gasteiger partial charge on any atom is 0.237 e. The molecule has 3 aromatic rings. The fourth-order valence-electron chi connectivity index (χ4n) is 3.77. The summed E-state index contributed by atoms with van der Waals surface area (Å²) in [5.41, 5.74) is 4.31. The van der Waals surface area contributed by atoms with Crippen molar-refractivity contribution in [2.45, 2.75) is 32.5 Å². The quantitative estimate of drug-likeness (QED) is 0.599. The highest BCUT2D eigenvalue weighted by molar-refractivity contribution is 7.09. The lowest BCUT2D eigenvalue weighted by molar-refractivity contribution is -0.134. The summed E-state index contributed by atoms with van der Waals surface area (Å²) in [6.07, 6.45) is 0.136. The van der Waals surface area contributed by atoms with Gasteiger partial charge >= 0.3 is 0 Å².